The SMILES string of the molecule is CN1C(=O)C2(C=CCC2)c2ccccc21. The fourth-order valence-electron chi connectivity index (χ4n) is 2.75. The van der Waals surface area contributed by atoms with Gasteiger partial charge in [0.2, 0.25) is 5.91 Å². The van der Waals surface area contributed by atoms with Crippen molar-refractivity contribution < 1.29 is 4.79 Å². The number of carbonyl (C=O) groups excluding carboxylic acids is 1. The van der Waals surface area contributed by atoms with Crippen molar-refractivity contribution in [2.75, 3.05) is 11.9 Å². The Labute approximate surface area is 89.2 Å². The van der Waals surface area contributed by atoms with E-state index in [-0.39, 0.29) is 11.3 Å². The second-order valence-corrected chi connectivity index (χ2v) is 4.29. The van der Waals surface area contributed by atoms with Crippen molar-refractivity contribution in [3.05, 3.63) is 42.0 Å². The van der Waals surface area contributed by atoms with Crippen molar-refractivity contribution in [3.63, 3.8) is 0 Å². The molecule has 2 nitrogen and oxygen atoms in total. The van der Waals surface area contributed by atoms with Crippen molar-refractivity contribution in [1.29, 1.82) is 0 Å². The van der Waals surface area contributed by atoms with Gasteiger partial charge in [-0.1, -0.05) is 30.4 Å². The summed E-state index contributed by atoms with van der Waals surface area (Å²) in [5, 5.41) is 0. The molecule has 1 aliphatic heterocycles. The molecular formula is C13H13NO. The molecular weight excluding hydrogens is 186 g/mol. The molecule has 1 unspecified atom stereocenters. The number of amides is 1. The number of likely N-dealkylation sites (N-methyl/N-ethyl adjacent to an activating group) is 1. The first kappa shape index (κ1) is 8.72. The van der Waals surface area contributed by atoms with Crippen LogP contribution in [0.1, 0.15) is 18.4 Å². The van der Waals surface area contributed by atoms with Crippen molar-refractivity contribution in [2.45, 2.75) is 18.3 Å². The van der Waals surface area contributed by atoms with Crippen molar-refractivity contribution in [1.82, 2.24) is 0 Å². The Kier molecular flexibility index (Phi) is 1.58. The van der Waals surface area contributed by atoms with E-state index < -0.39 is 0 Å². The number of benzene rings is 1. The summed E-state index contributed by atoms with van der Waals surface area (Å²) >= 11 is 0. The van der Waals surface area contributed by atoms with Gasteiger partial charge < -0.3 is 4.90 Å². The smallest absolute Gasteiger partial charge is 0.241 e. The summed E-state index contributed by atoms with van der Waals surface area (Å²) in [4.78, 5) is 14.0. The predicted octanol–water partition coefficient (Wildman–Crippen LogP) is 2.25. The van der Waals surface area contributed by atoms with Crippen LogP contribution in [-0.4, -0.2) is 13.0 Å². The summed E-state index contributed by atoms with van der Waals surface area (Å²) < 4.78 is 0. The molecule has 0 saturated carbocycles. The van der Waals surface area contributed by atoms with Gasteiger partial charge in [-0.2, -0.15) is 0 Å². The van der Waals surface area contributed by atoms with E-state index in [9.17, 15) is 4.79 Å². The van der Waals surface area contributed by atoms with Crippen LogP contribution >= 0.6 is 0 Å². The molecule has 1 heterocycles. The molecule has 1 spiro atoms. The number of hydrogen-bond donors (Lipinski definition) is 0. The van der Waals surface area contributed by atoms with Crippen LogP contribution in [-0.2, 0) is 10.2 Å². The Morgan fingerprint density at radius 3 is 2.87 bits per heavy atom. The molecule has 0 fully saturated rings. The van der Waals surface area contributed by atoms with Crippen LogP contribution in [0.4, 0.5) is 5.69 Å². The third kappa shape index (κ3) is 0.916. The average molecular weight is 199 g/mol. The molecule has 0 saturated heterocycles. The predicted molar refractivity (Wildman–Crippen MR) is 59.9 cm³/mol. The van der Waals surface area contributed by atoms with Crippen LogP contribution in [0.15, 0.2) is 36.4 Å². The largest absolute Gasteiger partial charge is 0.314 e. The zero-order valence-electron chi connectivity index (χ0n) is 8.73. The minimum absolute atomic E-state index is 0.220. The highest BCUT2D eigenvalue weighted by molar-refractivity contribution is 6.09. The summed E-state index contributed by atoms with van der Waals surface area (Å²) in [5.41, 5.74) is 1.89. The zero-order chi connectivity index (χ0) is 10.5. The summed E-state index contributed by atoms with van der Waals surface area (Å²) in [6.07, 6.45) is 6.13. The van der Waals surface area contributed by atoms with Gasteiger partial charge in [-0.15, -0.1) is 0 Å². The van der Waals surface area contributed by atoms with Gasteiger partial charge in [-0.3, -0.25) is 4.79 Å². The van der Waals surface area contributed by atoms with Crippen LogP contribution in [0.25, 0.3) is 0 Å². The van der Waals surface area contributed by atoms with Gasteiger partial charge in [0.1, 0.15) is 0 Å². The Morgan fingerprint density at radius 2 is 2.13 bits per heavy atom. The van der Waals surface area contributed by atoms with E-state index in [1.54, 1.807) is 4.90 Å². The van der Waals surface area contributed by atoms with Crippen LogP contribution in [0.5, 0.6) is 0 Å². The van der Waals surface area contributed by atoms with E-state index in [0.717, 1.165) is 18.5 Å². The van der Waals surface area contributed by atoms with Crippen molar-refractivity contribution >= 4 is 11.6 Å². The Bertz CT molecular complexity index is 463. The Balaban J connectivity index is 2.27. The van der Waals surface area contributed by atoms with Crippen LogP contribution in [0.2, 0.25) is 0 Å². The first-order valence-electron chi connectivity index (χ1n) is 5.31. The van der Waals surface area contributed by atoms with Crippen LogP contribution in [0.3, 0.4) is 0 Å². The lowest BCUT2D eigenvalue weighted by molar-refractivity contribution is -0.121. The highest BCUT2D eigenvalue weighted by Gasteiger charge is 2.48. The van der Waals surface area contributed by atoms with Gasteiger partial charge >= 0.3 is 0 Å². The lowest BCUT2D eigenvalue weighted by Crippen LogP contribution is -2.35. The number of hydrogen-bond acceptors (Lipinski definition) is 1. The molecule has 0 N–H and O–H groups in total. The van der Waals surface area contributed by atoms with Gasteiger partial charge in [0.05, 0.1) is 5.41 Å². The lowest BCUT2D eigenvalue weighted by atomic mass is 9.81. The maximum atomic E-state index is 12.3. The van der Waals surface area contributed by atoms with Gasteiger partial charge in [-0.25, -0.2) is 0 Å². The summed E-state index contributed by atoms with van der Waals surface area (Å²) in [5.74, 6) is 0.220. The van der Waals surface area contributed by atoms with E-state index in [0.29, 0.717) is 0 Å². The summed E-state index contributed by atoms with van der Waals surface area (Å²) in [6, 6.07) is 8.10. The quantitative estimate of drug-likeness (QED) is 0.587. The maximum absolute atomic E-state index is 12.3. The third-order valence-electron chi connectivity index (χ3n) is 3.54. The highest BCUT2D eigenvalue weighted by atomic mass is 16.2. The average Bonchev–Trinajstić information content (AvgIpc) is 2.83. The van der Waals surface area contributed by atoms with E-state index in [2.05, 4.69) is 18.2 Å². The molecule has 0 aromatic heterocycles. The lowest BCUT2D eigenvalue weighted by Gasteiger charge is -2.19. The molecule has 1 amide bonds. The highest BCUT2D eigenvalue weighted by Crippen LogP contribution is 2.47. The second-order valence-electron chi connectivity index (χ2n) is 4.29. The third-order valence-corrected chi connectivity index (χ3v) is 3.54. The standard InChI is InChI=1S/C13H13NO/c1-14-11-7-3-2-6-10(11)13(12(14)15)8-4-5-9-13/h2-4,6-8H,5,9H2,1H3. The molecule has 1 atom stereocenters. The van der Waals surface area contributed by atoms with E-state index in [4.69, 9.17) is 0 Å². The fraction of sp³-hybridized carbons (Fsp3) is 0.308. The fourth-order valence-corrected chi connectivity index (χ4v) is 2.75. The van der Waals surface area contributed by atoms with Gasteiger partial charge in [0.15, 0.2) is 0 Å². The second kappa shape index (κ2) is 2.72. The monoisotopic (exact) mass is 199 g/mol. The molecule has 0 bridgehead atoms. The summed E-state index contributed by atoms with van der Waals surface area (Å²) in [7, 11) is 1.86. The molecule has 3 rings (SSSR count). The number of allylic oxidation sites excluding steroid dienone is 1. The zero-order valence-corrected chi connectivity index (χ0v) is 8.73. The van der Waals surface area contributed by atoms with Gasteiger partial charge in [-0.05, 0) is 24.5 Å². The molecule has 2 aliphatic rings. The van der Waals surface area contributed by atoms with E-state index >= 15 is 0 Å². The Hall–Kier alpha value is -1.57. The number of anilines is 1. The topological polar surface area (TPSA) is 20.3 Å². The van der Waals surface area contributed by atoms with Gasteiger partial charge in [0.25, 0.3) is 0 Å². The number of fused-ring (bicyclic) bond motifs is 2. The number of carbonyl (C=O) groups is 1. The molecule has 1 aromatic rings. The molecule has 15 heavy (non-hydrogen) atoms. The number of rotatable bonds is 0. The molecule has 0 radical (unpaired) electrons. The normalized spacial score (nSPS) is 27.8. The minimum atomic E-state index is -0.342. The van der Waals surface area contributed by atoms with E-state index in [1.165, 1.54) is 5.56 Å². The molecule has 1 aliphatic carbocycles. The first-order chi connectivity index (χ1) is 7.26. The van der Waals surface area contributed by atoms with Crippen LogP contribution < -0.4 is 4.90 Å². The minimum Gasteiger partial charge on any atom is -0.314 e. The molecule has 2 heteroatoms. The first-order valence-corrected chi connectivity index (χ1v) is 5.31. The van der Waals surface area contributed by atoms with E-state index in [1.807, 2.05) is 25.2 Å². The molecule has 76 valence electrons. The maximum Gasteiger partial charge on any atom is 0.241 e. The van der Waals surface area contributed by atoms with Crippen molar-refractivity contribution in [2.24, 2.45) is 0 Å². The molecule has 1 aromatic carbocycles. The summed E-state index contributed by atoms with van der Waals surface area (Å²) in [6.45, 7) is 0. The number of nitrogens with zero attached hydrogens (tertiary/aromatic N) is 1. The van der Waals surface area contributed by atoms with Crippen molar-refractivity contribution in [3.8, 4) is 0 Å². The van der Waals surface area contributed by atoms with Crippen LogP contribution in [0, 0.1) is 0 Å². The number of para-hydroxylation sites is 1. The van der Waals surface area contributed by atoms with Gasteiger partial charge in [0, 0.05) is 12.7 Å². The Morgan fingerprint density at radius 1 is 1.33 bits per heavy atom.